The molecule has 0 bridgehead atoms. The monoisotopic (exact) mass is 526 g/mol. The van der Waals surface area contributed by atoms with Gasteiger partial charge in [-0.25, -0.2) is 19.9 Å². The van der Waals surface area contributed by atoms with E-state index >= 15 is 0 Å². The number of aliphatic hydroxyl groups is 1. The number of carbonyl (C=O) groups is 1. The van der Waals surface area contributed by atoms with Gasteiger partial charge >= 0.3 is 0 Å². The predicted octanol–water partition coefficient (Wildman–Crippen LogP) is 1.60. The number of fused-ring (bicyclic) bond motifs is 1. The molecule has 2 aliphatic rings. The third kappa shape index (κ3) is 5.24. The largest absolute Gasteiger partial charge is 0.381 e. The van der Waals surface area contributed by atoms with Crippen LogP contribution in [0.2, 0.25) is 0 Å². The zero-order valence-corrected chi connectivity index (χ0v) is 22.6. The van der Waals surface area contributed by atoms with E-state index in [1.54, 1.807) is 36.3 Å². The molecule has 12 heteroatoms. The van der Waals surface area contributed by atoms with Crippen molar-refractivity contribution >= 4 is 39.2 Å². The molecule has 5 rings (SSSR count). The minimum Gasteiger partial charge on any atom is -0.381 e. The summed E-state index contributed by atoms with van der Waals surface area (Å²) in [4.78, 5) is 38.6. The molecule has 3 aromatic heterocycles. The Morgan fingerprint density at radius 2 is 1.81 bits per heavy atom. The van der Waals surface area contributed by atoms with Crippen LogP contribution >= 0.6 is 11.3 Å². The second-order valence-electron chi connectivity index (χ2n) is 10.2. The minimum atomic E-state index is -1.34. The van der Waals surface area contributed by atoms with Gasteiger partial charge in [0.2, 0.25) is 5.95 Å². The molecule has 0 aliphatic carbocycles. The van der Waals surface area contributed by atoms with E-state index in [1.807, 2.05) is 6.92 Å². The maximum absolute atomic E-state index is 12.5. The van der Waals surface area contributed by atoms with Gasteiger partial charge < -0.3 is 25.4 Å². The fourth-order valence-corrected chi connectivity index (χ4v) is 6.09. The number of thiophene rings is 1. The van der Waals surface area contributed by atoms with Crippen LogP contribution in [0.5, 0.6) is 0 Å². The Morgan fingerprint density at radius 3 is 2.46 bits per heavy atom. The summed E-state index contributed by atoms with van der Waals surface area (Å²) in [6.07, 6.45) is 1.69. The number of nitrogen functional groups attached to an aromatic ring is 1. The van der Waals surface area contributed by atoms with Gasteiger partial charge in [-0.1, -0.05) is 0 Å². The summed E-state index contributed by atoms with van der Waals surface area (Å²) >= 11 is 1.74. The Balaban J connectivity index is 1.46. The molecule has 0 unspecified atom stereocenters. The lowest BCUT2D eigenvalue weighted by molar-refractivity contribution is -0.149. The van der Waals surface area contributed by atoms with Gasteiger partial charge in [0.25, 0.3) is 5.91 Å². The molecule has 0 aromatic carbocycles. The Kier molecular flexibility index (Phi) is 7.01. The number of amides is 1. The number of nitrogens with zero attached hydrogens (tertiary/aromatic N) is 7. The molecule has 2 aliphatic heterocycles. The summed E-state index contributed by atoms with van der Waals surface area (Å²) in [5.41, 5.74) is 8.04. The van der Waals surface area contributed by atoms with Gasteiger partial charge in [0, 0.05) is 56.9 Å². The van der Waals surface area contributed by atoms with Gasteiger partial charge in [-0.15, -0.1) is 11.3 Å². The van der Waals surface area contributed by atoms with E-state index in [-0.39, 0.29) is 11.9 Å². The fraction of sp³-hybridized carbons (Fsp3) is 0.560. The first kappa shape index (κ1) is 25.7. The van der Waals surface area contributed by atoms with Crippen LogP contribution in [0, 0.1) is 13.8 Å². The summed E-state index contributed by atoms with van der Waals surface area (Å²) in [6, 6.07) is 0. The highest BCUT2D eigenvalue weighted by Gasteiger charge is 2.32. The lowest BCUT2D eigenvalue weighted by Gasteiger charge is -2.37. The molecule has 2 saturated heterocycles. The predicted molar refractivity (Wildman–Crippen MR) is 144 cm³/mol. The third-order valence-corrected chi connectivity index (χ3v) is 8.21. The van der Waals surface area contributed by atoms with Crippen LogP contribution < -0.4 is 10.6 Å². The Labute approximate surface area is 220 Å². The maximum Gasteiger partial charge on any atom is 0.254 e. The highest BCUT2D eigenvalue weighted by Crippen LogP contribution is 2.38. The van der Waals surface area contributed by atoms with Crippen molar-refractivity contribution in [3.8, 4) is 11.4 Å². The van der Waals surface area contributed by atoms with Crippen molar-refractivity contribution in [2.45, 2.75) is 39.8 Å². The van der Waals surface area contributed by atoms with Gasteiger partial charge in [0.05, 0.1) is 34.7 Å². The van der Waals surface area contributed by atoms with Gasteiger partial charge in [0.1, 0.15) is 5.60 Å². The Bertz CT molecular complexity index is 1310. The van der Waals surface area contributed by atoms with Gasteiger partial charge in [-0.2, -0.15) is 0 Å². The molecule has 3 aromatic rings. The van der Waals surface area contributed by atoms with E-state index in [9.17, 15) is 9.90 Å². The van der Waals surface area contributed by atoms with Crippen LogP contribution in [-0.2, 0) is 16.1 Å². The molecule has 0 radical (unpaired) electrons. The number of morpholine rings is 1. The van der Waals surface area contributed by atoms with Crippen LogP contribution in [0.15, 0.2) is 6.20 Å². The second-order valence-corrected chi connectivity index (χ2v) is 11.3. The molecule has 11 nitrogen and oxygen atoms in total. The summed E-state index contributed by atoms with van der Waals surface area (Å²) in [6.45, 7) is 13.5. The summed E-state index contributed by atoms with van der Waals surface area (Å²) in [7, 11) is 0. The number of hydrogen-bond acceptors (Lipinski definition) is 11. The summed E-state index contributed by atoms with van der Waals surface area (Å²) in [5.74, 6) is 1.52. The number of carbonyl (C=O) groups excluding carboxylic acids is 1. The topological polar surface area (TPSA) is 134 Å². The molecular weight excluding hydrogens is 492 g/mol. The first-order valence-corrected chi connectivity index (χ1v) is 13.4. The average Bonchev–Trinajstić information content (AvgIpc) is 3.18. The van der Waals surface area contributed by atoms with Gasteiger partial charge in [-0.3, -0.25) is 9.69 Å². The van der Waals surface area contributed by atoms with Crippen molar-refractivity contribution in [2.75, 3.05) is 63.1 Å². The van der Waals surface area contributed by atoms with E-state index in [0.717, 1.165) is 65.6 Å². The van der Waals surface area contributed by atoms with Gasteiger partial charge in [-0.05, 0) is 33.3 Å². The summed E-state index contributed by atoms with van der Waals surface area (Å²) in [5, 5.41) is 10.1. The summed E-state index contributed by atoms with van der Waals surface area (Å²) < 4.78 is 6.66. The van der Waals surface area contributed by atoms with Crippen LogP contribution in [0.4, 0.5) is 11.8 Å². The standard InChI is InChI=1S/C25H34N8O3S/c1-15-18(14-31-5-7-33(8-6-31)23(34)25(3,4)35)37-20-19(15)29-21(17-13-27-24(26)28-16(17)2)30-22(20)32-9-11-36-12-10-32/h13,35H,5-12,14H2,1-4H3,(H2,26,27,28). The maximum atomic E-state index is 12.5. The molecular formula is C25H34N8O3S. The zero-order valence-electron chi connectivity index (χ0n) is 21.8. The number of ether oxygens (including phenoxy) is 1. The fourth-order valence-electron chi connectivity index (χ4n) is 4.78. The van der Waals surface area contributed by atoms with Crippen LogP contribution in [0.25, 0.3) is 21.6 Å². The van der Waals surface area contributed by atoms with Crippen LogP contribution in [0.3, 0.4) is 0 Å². The Morgan fingerprint density at radius 1 is 1.11 bits per heavy atom. The van der Waals surface area contributed by atoms with E-state index in [0.29, 0.717) is 32.1 Å². The van der Waals surface area contributed by atoms with Crippen LogP contribution in [-0.4, -0.2) is 98.8 Å². The molecule has 1 amide bonds. The molecule has 198 valence electrons. The van der Waals surface area contributed by atoms with Crippen molar-refractivity contribution in [3.63, 3.8) is 0 Å². The molecule has 5 heterocycles. The third-order valence-electron chi connectivity index (χ3n) is 6.95. The van der Waals surface area contributed by atoms with E-state index in [1.165, 1.54) is 4.88 Å². The smallest absolute Gasteiger partial charge is 0.254 e. The molecule has 2 fully saturated rings. The molecule has 0 saturated carbocycles. The van der Waals surface area contributed by atoms with Crippen molar-refractivity contribution < 1.29 is 14.6 Å². The highest BCUT2D eigenvalue weighted by atomic mass is 32.1. The van der Waals surface area contributed by atoms with Gasteiger partial charge in [0.15, 0.2) is 11.6 Å². The lowest BCUT2D eigenvalue weighted by Crippen LogP contribution is -2.53. The number of aromatic nitrogens is 4. The molecule has 37 heavy (non-hydrogen) atoms. The Hall–Kier alpha value is -2.93. The molecule has 3 N–H and O–H groups in total. The lowest BCUT2D eigenvalue weighted by atomic mass is 10.1. The highest BCUT2D eigenvalue weighted by molar-refractivity contribution is 7.19. The average molecular weight is 527 g/mol. The van der Waals surface area contributed by atoms with E-state index in [4.69, 9.17) is 20.4 Å². The first-order valence-electron chi connectivity index (χ1n) is 12.6. The van der Waals surface area contributed by atoms with Crippen molar-refractivity contribution in [1.82, 2.24) is 29.7 Å². The van der Waals surface area contributed by atoms with Crippen LogP contribution in [0.1, 0.15) is 30.0 Å². The van der Waals surface area contributed by atoms with Crippen molar-refractivity contribution in [3.05, 3.63) is 22.3 Å². The number of nitrogens with two attached hydrogens (primary N) is 1. The number of aryl methyl sites for hydroxylation is 2. The quantitative estimate of drug-likeness (QED) is 0.505. The van der Waals surface area contributed by atoms with Crippen molar-refractivity contribution in [2.24, 2.45) is 0 Å². The molecule has 0 atom stereocenters. The molecule has 0 spiro atoms. The van der Waals surface area contributed by atoms with E-state index in [2.05, 4.69) is 26.7 Å². The SMILES string of the molecule is Cc1nc(N)ncc1-c1nc(N2CCOCC2)c2sc(CN3CCN(C(=O)C(C)(C)O)CC3)c(C)c2n1. The number of hydrogen-bond donors (Lipinski definition) is 2. The number of piperazine rings is 1. The minimum absolute atomic E-state index is 0.218. The first-order chi connectivity index (χ1) is 17.6. The zero-order chi connectivity index (χ0) is 26.3. The number of rotatable bonds is 5. The van der Waals surface area contributed by atoms with Crippen molar-refractivity contribution in [1.29, 1.82) is 0 Å². The normalized spacial score (nSPS) is 17.5. The van der Waals surface area contributed by atoms with E-state index < -0.39 is 5.60 Å². The number of anilines is 2. The second kappa shape index (κ2) is 10.1.